The summed E-state index contributed by atoms with van der Waals surface area (Å²) in [5, 5.41) is 5.89. The quantitative estimate of drug-likeness (QED) is 0.383. The van der Waals surface area contributed by atoms with Crippen molar-refractivity contribution in [1.82, 2.24) is 4.98 Å². The first-order valence-electron chi connectivity index (χ1n) is 9.26. The van der Waals surface area contributed by atoms with Gasteiger partial charge in [-0.25, -0.2) is 15.6 Å². The van der Waals surface area contributed by atoms with Crippen LogP contribution in [0, 0.1) is 5.92 Å². The van der Waals surface area contributed by atoms with Crippen LogP contribution >= 0.6 is 0 Å². The van der Waals surface area contributed by atoms with E-state index < -0.39 is 17.8 Å². The molecule has 30 heavy (non-hydrogen) atoms. The molecule has 1 aromatic heterocycles. The minimum atomic E-state index is -4.58. The Morgan fingerprint density at radius 2 is 1.90 bits per heavy atom. The second-order valence-corrected chi connectivity index (χ2v) is 7.07. The monoisotopic (exact) mass is 422 g/mol. The van der Waals surface area contributed by atoms with E-state index in [4.69, 9.17) is 11.6 Å². The number of aromatic nitrogens is 1. The number of anilines is 3. The zero-order chi connectivity index (χ0) is 22.3. The number of halogens is 3. The summed E-state index contributed by atoms with van der Waals surface area (Å²) in [4.78, 5) is 16.2. The first kappa shape index (κ1) is 23.0. The molecule has 162 valence electrons. The molecule has 0 spiro atoms. The van der Waals surface area contributed by atoms with Crippen molar-refractivity contribution in [2.45, 2.75) is 32.9 Å². The number of pyridine rings is 1. The first-order valence-corrected chi connectivity index (χ1v) is 9.26. The number of benzene rings is 1. The van der Waals surface area contributed by atoms with Crippen LogP contribution in [0.4, 0.5) is 35.2 Å². The summed E-state index contributed by atoms with van der Waals surface area (Å²) in [6, 6.07) is 6.95. The number of carbonyl (C=O) groups excluding carboxylic acids is 1. The molecule has 0 saturated carbocycles. The van der Waals surface area contributed by atoms with Gasteiger partial charge in [0.25, 0.3) is 0 Å². The lowest BCUT2D eigenvalue weighted by molar-refractivity contribution is -0.136. The molecule has 7 nitrogen and oxygen atoms in total. The van der Waals surface area contributed by atoms with Crippen LogP contribution in [0.3, 0.4) is 0 Å². The Morgan fingerprint density at radius 3 is 2.50 bits per heavy atom. The molecule has 0 atom stereocenters. The van der Waals surface area contributed by atoms with Crippen molar-refractivity contribution in [3.8, 4) is 0 Å². The molecule has 6 N–H and O–H groups in total. The second-order valence-electron chi connectivity index (χ2n) is 7.07. The maximum atomic E-state index is 13.0. The number of nitrogens with zero attached hydrogens (tertiary/aromatic N) is 2. The number of urea groups is 1. The fourth-order valence-electron chi connectivity index (χ4n) is 2.50. The molecule has 2 rings (SSSR count). The molecule has 2 aromatic rings. The van der Waals surface area contributed by atoms with Gasteiger partial charge in [-0.3, -0.25) is 5.01 Å². The van der Waals surface area contributed by atoms with E-state index in [-0.39, 0.29) is 11.4 Å². The van der Waals surface area contributed by atoms with Crippen LogP contribution in [0.15, 0.2) is 54.5 Å². The van der Waals surface area contributed by atoms with Gasteiger partial charge in [-0.1, -0.05) is 26.0 Å². The number of nitrogens with one attached hydrogen (secondary N) is 2. The zero-order valence-corrected chi connectivity index (χ0v) is 16.7. The van der Waals surface area contributed by atoms with Gasteiger partial charge < -0.3 is 16.4 Å². The fourth-order valence-corrected chi connectivity index (χ4v) is 2.50. The standard InChI is InChI=1S/C20H25F3N6O/c1-13(2)7-8-14(24)12-29(25)18-10-9-15(11-26-18)27-19(30)28-17-6-4-3-5-16(17)20(21,22)23/h3-6,9-13H,7-8,24-25H2,1-2H3,(H2,27,28,30)/b14-12-. The molecule has 2 amide bonds. The number of para-hydroxylation sites is 1. The molecule has 0 aliphatic carbocycles. The van der Waals surface area contributed by atoms with Crippen LogP contribution in [0.1, 0.15) is 32.3 Å². The maximum Gasteiger partial charge on any atom is 0.418 e. The Kier molecular flexibility index (Phi) is 7.65. The minimum absolute atomic E-state index is 0.283. The summed E-state index contributed by atoms with van der Waals surface area (Å²) in [5.41, 5.74) is 5.55. The highest BCUT2D eigenvalue weighted by Gasteiger charge is 2.33. The van der Waals surface area contributed by atoms with Crippen molar-refractivity contribution >= 4 is 23.2 Å². The Morgan fingerprint density at radius 1 is 1.20 bits per heavy atom. The van der Waals surface area contributed by atoms with Gasteiger partial charge in [0.05, 0.1) is 23.1 Å². The molecule has 0 saturated heterocycles. The predicted octanol–water partition coefficient (Wildman–Crippen LogP) is 4.66. The van der Waals surface area contributed by atoms with E-state index >= 15 is 0 Å². The van der Waals surface area contributed by atoms with E-state index in [0.29, 0.717) is 23.9 Å². The van der Waals surface area contributed by atoms with Gasteiger partial charge in [-0.2, -0.15) is 13.2 Å². The summed E-state index contributed by atoms with van der Waals surface area (Å²) >= 11 is 0. The van der Waals surface area contributed by atoms with Crippen LogP contribution in [0.2, 0.25) is 0 Å². The lowest BCUT2D eigenvalue weighted by Crippen LogP contribution is -2.27. The van der Waals surface area contributed by atoms with Gasteiger partial charge in [0.1, 0.15) is 5.82 Å². The van der Waals surface area contributed by atoms with Crippen LogP contribution in [-0.4, -0.2) is 11.0 Å². The third-order valence-corrected chi connectivity index (χ3v) is 4.07. The molecule has 0 bridgehead atoms. The fraction of sp³-hybridized carbons (Fsp3) is 0.300. The van der Waals surface area contributed by atoms with Gasteiger partial charge in [0.15, 0.2) is 0 Å². The molecule has 1 aromatic carbocycles. The molecule has 10 heteroatoms. The van der Waals surface area contributed by atoms with E-state index in [9.17, 15) is 18.0 Å². The Hall–Kier alpha value is -3.27. The van der Waals surface area contributed by atoms with Crippen LogP contribution < -0.4 is 27.2 Å². The molecular formula is C20H25F3N6O. The van der Waals surface area contributed by atoms with E-state index in [1.165, 1.54) is 35.5 Å². The second kappa shape index (κ2) is 9.97. The number of nitrogens with two attached hydrogens (primary N) is 2. The molecular weight excluding hydrogens is 397 g/mol. The van der Waals surface area contributed by atoms with Crippen molar-refractivity contribution in [2.75, 3.05) is 15.6 Å². The largest absolute Gasteiger partial charge is 0.418 e. The Bertz CT molecular complexity index is 881. The number of alkyl halides is 3. The molecule has 0 aliphatic heterocycles. The Labute approximate surface area is 172 Å². The topological polar surface area (TPSA) is 109 Å². The van der Waals surface area contributed by atoms with E-state index in [1.807, 2.05) is 0 Å². The summed E-state index contributed by atoms with van der Waals surface area (Å²) in [5.74, 6) is 6.82. The average molecular weight is 422 g/mol. The summed E-state index contributed by atoms with van der Waals surface area (Å²) < 4.78 is 39.0. The van der Waals surface area contributed by atoms with Gasteiger partial charge in [-0.05, 0) is 43.0 Å². The lowest BCUT2D eigenvalue weighted by Gasteiger charge is -2.16. The van der Waals surface area contributed by atoms with Crippen molar-refractivity contribution in [3.63, 3.8) is 0 Å². The van der Waals surface area contributed by atoms with Crippen molar-refractivity contribution < 1.29 is 18.0 Å². The lowest BCUT2D eigenvalue weighted by atomic mass is 10.1. The smallest absolute Gasteiger partial charge is 0.401 e. The average Bonchev–Trinajstić information content (AvgIpc) is 2.66. The van der Waals surface area contributed by atoms with Crippen molar-refractivity contribution in [1.29, 1.82) is 0 Å². The summed E-state index contributed by atoms with van der Waals surface area (Å²) in [7, 11) is 0. The molecule has 0 unspecified atom stereocenters. The third kappa shape index (κ3) is 6.96. The van der Waals surface area contributed by atoms with Crippen molar-refractivity contribution in [3.05, 3.63) is 60.1 Å². The highest BCUT2D eigenvalue weighted by atomic mass is 19.4. The van der Waals surface area contributed by atoms with E-state index in [2.05, 4.69) is 29.5 Å². The summed E-state index contributed by atoms with van der Waals surface area (Å²) in [6.07, 6.45) is -0.0486. The van der Waals surface area contributed by atoms with Crippen molar-refractivity contribution in [2.24, 2.45) is 17.5 Å². The van der Waals surface area contributed by atoms with Gasteiger partial charge >= 0.3 is 12.2 Å². The van der Waals surface area contributed by atoms with Gasteiger partial charge in [0.2, 0.25) is 0 Å². The minimum Gasteiger partial charge on any atom is -0.401 e. The highest BCUT2D eigenvalue weighted by molar-refractivity contribution is 6.00. The number of carbonyl (C=O) groups is 1. The molecule has 0 radical (unpaired) electrons. The normalized spacial score (nSPS) is 12.0. The predicted molar refractivity (Wildman–Crippen MR) is 111 cm³/mol. The molecule has 0 aliphatic rings. The SMILES string of the molecule is CC(C)CC/C(N)=C/N(N)c1ccc(NC(=O)Nc2ccccc2C(F)(F)F)cn1. The van der Waals surface area contributed by atoms with Gasteiger partial charge in [-0.15, -0.1) is 0 Å². The number of allylic oxidation sites excluding steroid dienone is 1. The molecule has 1 heterocycles. The zero-order valence-electron chi connectivity index (χ0n) is 16.7. The van der Waals surface area contributed by atoms with E-state index in [1.54, 1.807) is 12.3 Å². The Balaban J connectivity index is 1.99. The van der Waals surface area contributed by atoms with Gasteiger partial charge in [0, 0.05) is 11.9 Å². The highest BCUT2D eigenvalue weighted by Crippen LogP contribution is 2.34. The number of hydrazine groups is 1. The maximum absolute atomic E-state index is 13.0. The van der Waals surface area contributed by atoms with Crippen LogP contribution in [0.25, 0.3) is 0 Å². The number of amides is 2. The van der Waals surface area contributed by atoms with E-state index in [0.717, 1.165) is 12.5 Å². The van der Waals surface area contributed by atoms with Crippen LogP contribution in [-0.2, 0) is 6.18 Å². The number of hydrogen-bond acceptors (Lipinski definition) is 5. The summed E-state index contributed by atoms with van der Waals surface area (Å²) in [6.45, 7) is 4.19. The first-order chi connectivity index (χ1) is 14.1. The third-order valence-electron chi connectivity index (χ3n) is 4.07. The van der Waals surface area contributed by atoms with Crippen LogP contribution in [0.5, 0.6) is 0 Å². The molecule has 0 fully saturated rings. The number of hydrogen-bond donors (Lipinski definition) is 4. The number of rotatable bonds is 7.